The van der Waals surface area contributed by atoms with E-state index in [4.69, 9.17) is 5.73 Å². The summed E-state index contributed by atoms with van der Waals surface area (Å²) in [6.45, 7) is 1.99. The Labute approximate surface area is 102 Å². The van der Waals surface area contributed by atoms with Crippen molar-refractivity contribution in [2.75, 3.05) is 5.32 Å². The Kier molecular flexibility index (Phi) is 3.79. The summed E-state index contributed by atoms with van der Waals surface area (Å²) >= 11 is 0. The second-order valence-electron chi connectivity index (χ2n) is 4.76. The first-order valence-electron chi connectivity index (χ1n) is 6.36. The van der Waals surface area contributed by atoms with Crippen LogP contribution in [0.25, 0.3) is 0 Å². The molecule has 0 saturated carbocycles. The van der Waals surface area contributed by atoms with E-state index in [2.05, 4.69) is 17.4 Å². The van der Waals surface area contributed by atoms with Crippen LogP contribution in [0.4, 0.5) is 5.69 Å². The van der Waals surface area contributed by atoms with Crippen LogP contribution in [0.2, 0.25) is 0 Å². The largest absolute Gasteiger partial charge is 0.327 e. The summed E-state index contributed by atoms with van der Waals surface area (Å²) < 4.78 is 0. The summed E-state index contributed by atoms with van der Waals surface area (Å²) in [6.07, 6.45) is 4.76. The predicted octanol–water partition coefficient (Wildman–Crippen LogP) is 2.24. The van der Waals surface area contributed by atoms with E-state index >= 15 is 0 Å². The average molecular weight is 232 g/mol. The van der Waals surface area contributed by atoms with Gasteiger partial charge in [-0.25, -0.2) is 0 Å². The molecule has 0 heterocycles. The van der Waals surface area contributed by atoms with E-state index in [-0.39, 0.29) is 11.9 Å². The molecule has 0 spiro atoms. The number of nitrogens with one attached hydrogen (secondary N) is 1. The van der Waals surface area contributed by atoms with E-state index in [1.165, 1.54) is 24.0 Å². The minimum Gasteiger partial charge on any atom is -0.327 e. The van der Waals surface area contributed by atoms with Crippen molar-refractivity contribution in [2.45, 2.75) is 45.1 Å². The normalized spacial score (nSPS) is 15.4. The Morgan fingerprint density at radius 1 is 1.41 bits per heavy atom. The van der Waals surface area contributed by atoms with Crippen LogP contribution >= 0.6 is 0 Å². The SMILES string of the molecule is CCC(N)CC(=O)Nc1ccc2c(c1)CCC2. The van der Waals surface area contributed by atoms with Crippen molar-refractivity contribution in [3.63, 3.8) is 0 Å². The fourth-order valence-corrected chi connectivity index (χ4v) is 2.24. The lowest BCUT2D eigenvalue weighted by molar-refractivity contribution is -0.116. The van der Waals surface area contributed by atoms with E-state index in [1.807, 2.05) is 13.0 Å². The third-order valence-electron chi connectivity index (χ3n) is 3.35. The van der Waals surface area contributed by atoms with Gasteiger partial charge in [0.05, 0.1) is 0 Å². The average Bonchev–Trinajstić information content (AvgIpc) is 2.75. The van der Waals surface area contributed by atoms with Crippen molar-refractivity contribution in [3.05, 3.63) is 29.3 Å². The van der Waals surface area contributed by atoms with Gasteiger partial charge >= 0.3 is 0 Å². The van der Waals surface area contributed by atoms with Gasteiger partial charge < -0.3 is 11.1 Å². The minimum absolute atomic E-state index is 0.0114. The lowest BCUT2D eigenvalue weighted by Gasteiger charge is -2.10. The zero-order chi connectivity index (χ0) is 12.3. The van der Waals surface area contributed by atoms with Gasteiger partial charge in [-0.05, 0) is 48.9 Å². The van der Waals surface area contributed by atoms with E-state index in [0.29, 0.717) is 6.42 Å². The number of benzene rings is 1. The molecule has 0 fully saturated rings. The molecule has 1 amide bonds. The Hall–Kier alpha value is -1.35. The van der Waals surface area contributed by atoms with Gasteiger partial charge in [-0.2, -0.15) is 0 Å². The fourth-order valence-electron chi connectivity index (χ4n) is 2.24. The number of hydrogen-bond donors (Lipinski definition) is 2. The molecular weight excluding hydrogens is 212 g/mol. The van der Waals surface area contributed by atoms with Gasteiger partial charge in [0.25, 0.3) is 0 Å². The monoisotopic (exact) mass is 232 g/mol. The molecule has 0 radical (unpaired) electrons. The van der Waals surface area contributed by atoms with Crippen molar-refractivity contribution in [1.29, 1.82) is 0 Å². The second-order valence-corrected chi connectivity index (χ2v) is 4.76. The molecule has 17 heavy (non-hydrogen) atoms. The Bertz CT molecular complexity index is 415. The minimum atomic E-state index is -0.0376. The van der Waals surface area contributed by atoms with Crippen LogP contribution in [-0.2, 0) is 17.6 Å². The topological polar surface area (TPSA) is 55.1 Å². The molecular formula is C14H20N2O. The number of rotatable bonds is 4. The number of carbonyl (C=O) groups excluding carboxylic acids is 1. The van der Waals surface area contributed by atoms with Crippen molar-refractivity contribution in [3.8, 4) is 0 Å². The van der Waals surface area contributed by atoms with Gasteiger partial charge in [-0.3, -0.25) is 4.79 Å². The summed E-state index contributed by atoms with van der Waals surface area (Å²) in [6, 6.07) is 6.17. The highest BCUT2D eigenvalue weighted by atomic mass is 16.1. The molecule has 3 N–H and O–H groups in total. The lowest BCUT2D eigenvalue weighted by atomic mass is 10.1. The number of carbonyl (C=O) groups is 1. The maximum atomic E-state index is 11.7. The molecule has 0 saturated heterocycles. The molecule has 0 aliphatic heterocycles. The number of aryl methyl sites for hydroxylation is 2. The summed E-state index contributed by atoms with van der Waals surface area (Å²) in [4.78, 5) is 11.7. The van der Waals surface area contributed by atoms with Crippen molar-refractivity contribution < 1.29 is 4.79 Å². The number of anilines is 1. The molecule has 1 aliphatic carbocycles. The van der Waals surface area contributed by atoms with Crippen LogP contribution in [0.3, 0.4) is 0 Å². The molecule has 3 nitrogen and oxygen atoms in total. The third kappa shape index (κ3) is 3.07. The van der Waals surface area contributed by atoms with Crippen LogP contribution in [0.1, 0.15) is 37.3 Å². The molecule has 1 aliphatic rings. The second kappa shape index (κ2) is 5.32. The van der Waals surface area contributed by atoms with Gasteiger partial charge in [0.15, 0.2) is 0 Å². The van der Waals surface area contributed by atoms with Crippen LogP contribution in [-0.4, -0.2) is 11.9 Å². The van der Waals surface area contributed by atoms with Crippen LogP contribution in [0.15, 0.2) is 18.2 Å². The van der Waals surface area contributed by atoms with E-state index in [0.717, 1.165) is 18.5 Å². The van der Waals surface area contributed by atoms with Crippen LogP contribution in [0, 0.1) is 0 Å². The lowest BCUT2D eigenvalue weighted by Crippen LogP contribution is -2.26. The van der Waals surface area contributed by atoms with Gasteiger partial charge in [0.2, 0.25) is 5.91 Å². The molecule has 1 aromatic rings. The molecule has 92 valence electrons. The van der Waals surface area contributed by atoms with Crippen LogP contribution < -0.4 is 11.1 Å². The summed E-state index contributed by atoms with van der Waals surface area (Å²) in [7, 11) is 0. The maximum absolute atomic E-state index is 11.7. The zero-order valence-corrected chi connectivity index (χ0v) is 10.3. The van der Waals surface area contributed by atoms with Gasteiger partial charge in [-0.15, -0.1) is 0 Å². The molecule has 2 rings (SSSR count). The van der Waals surface area contributed by atoms with Gasteiger partial charge in [-0.1, -0.05) is 13.0 Å². The Balaban J connectivity index is 1.97. The quantitative estimate of drug-likeness (QED) is 0.836. The standard InChI is InChI=1S/C14H20N2O/c1-2-12(15)9-14(17)16-13-7-6-10-4-3-5-11(10)8-13/h6-8,12H,2-5,9,15H2,1H3,(H,16,17). The molecule has 1 unspecified atom stereocenters. The van der Waals surface area contributed by atoms with Crippen molar-refractivity contribution in [2.24, 2.45) is 5.73 Å². The number of amides is 1. The number of nitrogens with two attached hydrogens (primary N) is 1. The van der Waals surface area contributed by atoms with Crippen molar-refractivity contribution >= 4 is 11.6 Å². The summed E-state index contributed by atoms with van der Waals surface area (Å²) in [5.74, 6) is 0.0114. The first-order valence-corrected chi connectivity index (χ1v) is 6.36. The highest BCUT2D eigenvalue weighted by Gasteiger charge is 2.12. The fraction of sp³-hybridized carbons (Fsp3) is 0.500. The molecule has 1 atom stereocenters. The van der Waals surface area contributed by atoms with Gasteiger partial charge in [0, 0.05) is 18.2 Å². The number of fused-ring (bicyclic) bond motifs is 1. The summed E-state index contributed by atoms with van der Waals surface area (Å²) in [5.41, 5.74) is 9.46. The van der Waals surface area contributed by atoms with E-state index < -0.39 is 0 Å². The van der Waals surface area contributed by atoms with Crippen molar-refractivity contribution in [1.82, 2.24) is 0 Å². The Morgan fingerprint density at radius 2 is 2.18 bits per heavy atom. The third-order valence-corrected chi connectivity index (χ3v) is 3.35. The van der Waals surface area contributed by atoms with Crippen LogP contribution in [0.5, 0.6) is 0 Å². The molecule has 1 aromatic carbocycles. The summed E-state index contributed by atoms with van der Waals surface area (Å²) in [5, 5.41) is 2.92. The molecule has 0 bridgehead atoms. The zero-order valence-electron chi connectivity index (χ0n) is 10.3. The van der Waals surface area contributed by atoms with Gasteiger partial charge in [0.1, 0.15) is 0 Å². The highest BCUT2D eigenvalue weighted by molar-refractivity contribution is 5.91. The number of hydrogen-bond acceptors (Lipinski definition) is 2. The maximum Gasteiger partial charge on any atom is 0.225 e. The molecule has 3 heteroatoms. The predicted molar refractivity (Wildman–Crippen MR) is 70.0 cm³/mol. The highest BCUT2D eigenvalue weighted by Crippen LogP contribution is 2.24. The first kappa shape index (κ1) is 12.1. The molecule has 0 aromatic heterocycles. The van der Waals surface area contributed by atoms with E-state index in [1.54, 1.807) is 0 Å². The van der Waals surface area contributed by atoms with E-state index in [9.17, 15) is 4.79 Å². The first-order chi connectivity index (χ1) is 8.19. The smallest absolute Gasteiger partial charge is 0.225 e. The Morgan fingerprint density at radius 3 is 2.94 bits per heavy atom.